The Bertz CT molecular complexity index is 5080. The number of nitrogens with one attached hydrogen (secondary N) is 3. The molecule has 53 heteroatoms. The lowest BCUT2D eigenvalue weighted by molar-refractivity contribution is -0.158. The Morgan fingerprint density at radius 1 is 0.544 bits per heavy atom. The summed E-state index contributed by atoms with van der Waals surface area (Å²) < 4.78 is 133. The highest BCUT2D eigenvalue weighted by atomic mass is 31.2. The highest BCUT2D eigenvalue weighted by Gasteiger charge is 2.50. The number of anilines is 4. The van der Waals surface area contributed by atoms with Crippen molar-refractivity contribution in [2.75, 3.05) is 171 Å². The van der Waals surface area contributed by atoms with Crippen LogP contribution >= 0.6 is 30.5 Å². The SMILES string of the molecule is CC(=O)NC(CCCN=C(N)N)C(=O)NCC(=O)N1CC(COP(=O)(N(C)C)N2CC(COP(=O)(N(C)C)N3CC(COP(=O)(N(C)C)N4CC(COP(=O)(C(C)C)N(C)C)OC(n5cnc6c(N)ncnc65)C4)OC(n4cnc5c(N)ncnc54)C3)OC(n3cnc4c(N)ncnc43)C2)OC(n2cnc3c(=O)[nH]c(N)nc32)C1. The van der Waals surface area contributed by atoms with Crippen LogP contribution in [0.4, 0.5) is 23.4 Å². The van der Waals surface area contributed by atoms with Gasteiger partial charge in [-0.25, -0.2) is 82.5 Å². The molecule has 4 fully saturated rings. The van der Waals surface area contributed by atoms with E-state index in [9.17, 15) is 23.7 Å². The fourth-order valence-electron chi connectivity index (χ4n) is 13.6. The summed E-state index contributed by atoms with van der Waals surface area (Å²) in [6, 6.07) is -1.06. The molecule has 3 amide bonds. The van der Waals surface area contributed by atoms with Crippen LogP contribution in [0.1, 0.15) is 58.5 Å². The van der Waals surface area contributed by atoms with Crippen LogP contribution in [0.25, 0.3) is 44.7 Å². The van der Waals surface area contributed by atoms with Crippen LogP contribution in [0, 0.1) is 0 Å². The third kappa shape index (κ3) is 17.9. The van der Waals surface area contributed by atoms with E-state index in [-0.39, 0.29) is 135 Å². The summed E-state index contributed by atoms with van der Waals surface area (Å²) in [6.45, 7) is 1.65. The number of nitrogen functional groups attached to an aromatic ring is 4. The Hall–Kier alpha value is -8.80. The monoisotopic (exact) mass is 1670 g/mol. The third-order valence-electron chi connectivity index (χ3n) is 19.3. The molecule has 0 radical (unpaired) electrons. The number of hydrogen-bond donors (Lipinski definition) is 9. The first kappa shape index (κ1) is 84.6. The number of amides is 3. The minimum Gasteiger partial charge on any atom is -0.382 e. The molecule has 15 N–H and O–H groups in total. The Kier molecular flexibility index (Phi) is 25.9. The van der Waals surface area contributed by atoms with Crippen LogP contribution in [-0.4, -0.2) is 324 Å². The van der Waals surface area contributed by atoms with Crippen molar-refractivity contribution >= 4 is 122 Å². The number of rotatable bonds is 32. The van der Waals surface area contributed by atoms with Gasteiger partial charge in [0.2, 0.25) is 23.7 Å². The van der Waals surface area contributed by atoms with Crippen molar-refractivity contribution in [1.29, 1.82) is 0 Å². The first-order valence-electron chi connectivity index (χ1n) is 36.1. The van der Waals surface area contributed by atoms with Crippen LogP contribution in [-0.2, 0) is 69.7 Å². The summed E-state index contributed by atoms with van der Waals surface area (Å²) in [7, 11) is -3.62. The van der Waals surface area contributed by atoms with Gasteiger partial charge in [-0.15, -0.1) is 0 Å². The first-order valence-corrected chi connectivity index (χ1v) is 42.3. The number of ether oxygens (including phenoxy) is 4. The molecular weight excluding hydrogens is 1570 g/mol. The fourth-order valence-corrected chi connectivity index (χ4v) is 21.5. The predicted molar refractivity (Wildman–Crippen MR) is 413 cm³/mol. The van der Waals surface area contributed by atoms with Crippen LogP contribution in [0.15, 0.2) is 54.1 Å². The van der Waals surface area contributed by atoms with Gasteiger partial charge >= 0.3 is 23.0 Å². The number of aliphatic imine (C=N–C) groups is 1. The molecule has 622 valence electrons. The summed E-state index contributed by atoms with van der Waals surface area (Å²) in [6.07, 6.45) is 1.44. The van der Waals surface area contributed by atoms with E-state index in [0.29, 0.717) is 17.6 Å². The molecule has 114 heavy (non-hydrogen) atoms. The molecule has 0 aromatic carbocycles. The maximum absolute atomic E-state index is 16.4. The summed E-state index contributed by atoms with van der Waals surface area (Å²) in [5.41, 5.74) is 36.4. The number of carbonyl (C=O) groups is 3. The molecule has 0 saturated carbocycles. The average molecular weight is 1670 g/mol. The van der Waals surface area contributed by atoms with Gasteiger partial charge in [0.1, 0.15) is 66.4 Å². The third-order valence-corrected chi connectivity index (χ3v) is 29.9. The molecule has 4 saturated heterocycles. The number of aromatic amines is 1. The van der Waals surface area contributed by atoms with Crippen molar-refractivity contribution in [2.24, 2.45) is 16.5 Å². The second kappa shape index (κ2) is 34.9. The molecular formula is C61H97N33O16P4. The molecule has 49 nitrogen and oxygen atoms in total. The maximum atomic E-state index is 16.4. The second-order valence-corrected chi connectivity index (χ2v) is 39.4. The van der Waals surface area contributed by atoms with E-state index in [1.54, 1.807) is 83.8 Å². The zero-order chi connectivity index (χ0) is 82.0. The molecule has 4 aliphatic rings. The number of aromatic nitrogens is 16. The number of nitrogens with two attached hydrogens (primary N) is 6. The molecule has 13 atom stereocenters. The Balaban J connectivity index is 0.822. The molecule has 8 aromatic heterocycles. The molecule has 12 heterocycles. The first-order chi connectivity index (χ1) is 54.1. The van der Waals surface area contributed by atoms with Gasteiger partial charge in [0.25, 0.3) is 13.1 Å². The lowest BCUT2D eigenvalue weighted by Gasteiger charge is -2.46. The number of guanidine groups is 1. The van der Waals surface area contributed by atoms with Gasteiger partial charge in [0, 0.05) is 45.3 Å². The van der Waals surface area contributed by atoms with Crippen molar-refractivity contribution in [3.05, 3.63) is 54.6 Å². The maximum Gasteiger partial charge on any atom is 0.345 e. The number of H-pyrrole nitrogens is 1. The van der Waals surface area contributed by atoms with E-state index in [1.165, 1.54) is 93.5 Å². The molecule has 0 aliphatic carbocycles. The van der Waals surface area contributed by atoms with Gasteiger partial charge in [0.05, 0.1) is 103 Å². The standard InChI is InChI=1S/C61H97N33O16P4/c1-35(2)111(99,83(4)5)103-24-38-17-88(21-44(108-38)91-31-76-47-51(62)70-28-73-54(47)91)113(101,85(8)9)105-26-40-19-90(23-46(110-40)93-33-78-49-53(64)72-30-75-56(49)93)114(102,86(10)11)106-27-39-18-89(22-45(109-39)92-32-77-48-52(63)71-29-74-55(48)92)112(100,84(6)7)104-25-37-16-87(20-43(107-37)94-34-79-50-57(94)81-61(67)82-59(50)98)42(96)15-69-58(97)41(80-36(3)95)13-12-14-68-60(65)66/h28-35,37-41,43-46H,12-27H2,1-11H3,(H,69,97)(H,80,95)(H2,62,70,73)(H2,63,71,74)(H2,64,72,75)(H4,65,66,68)(H3,67,81,82,98). The van der Waals surface area contributed by atoms with Gasteiger partial charge in [-0.2, -0.15) is 4.98 Å². The second-order valence-electron chi connectivity index (χ2n) is 28.4. The minimum atomic E-state index is -4.36. The van der Waals surface area contributed by atoms with Crippen LogP contribution in [0.5, 0.6) is 0 Å². The number of nitrogens with zero attached hydrogens (tertiary/aromatic N) is 24. The zero-order valence-electron chi connectivity index (χ0n) is 64.6. The van der Waals surface area contributed by atoms with Crippen molar-refractivity contribution in [1.82, 2.24) is 126 Å². The number of morpholine rings is 4. The van der Waals surface area contributed by atoms with E-state index >= 15 is 13.7 Å². The number of fused-ring (bicyclic) bond motifs is 4. The predicted octanol–water partition coefficient (Wildman–Crippen LogP) is -0.795. The molecule has 13 unspecified atom stereocenters. The minimum absolute atomic E-state index is 0.0102. The van der Waals surface area contributed by atoms with Crippen molar-refractivity contribution in [3.63, 3.8) is 0 Å². The van der Waals surface area contributed by atoms with Gasteiger partial charge in [-0.3, -0.25) is 65.7 Å². The molecule has 8 aromatic rings. The van der Waals surface area contributed by atoms with E-state index in [0.717, 1.165) is 0 Å². The summed E-state index contributed by atoms with van der Waals surface area (Å²) in [5.74, 6) is -1.90. The van der Waals surface area contributed by atoms with E-state index in [1.807, 2.05) is 0 Å². The van der Waals surface area contributed by atoms with Crippen molar-refractivity contribution < 1.29 is 69.7 Å². The topological polar surface area (TPSA) is 606 Å². The summed E-state index contributed by atoms with van der Waals surface area (Å²) in [5, 5.41) is 5.22. The van der Waals surface area contributed by atoms with Crippen LogP contribution in [0.2, 0.25) is 0 Å². The lowest BCUT2D eigenvalue weighted by atomic mass is 10.1. The Labute approximate surface area is 652 Å². The van der Waals surface area contributed by atoms with E-state index < -0.39 is 141 Å². The normalized spacial score (nSPS) is 23.5. The summed E-state index contributed by atoms with van der Waals surface area (Å²) >= 11 is 0. The Morgan fingerprint density at radius 2 is 0.930 bits per heavy atom. The van der Waals surface area contributed by atoms with Crippen molar-refractivity contribution in [3.8, 4) is 0 Å². The molecule has 0 spiro atoms. The largest absolute Gasteiger partial charge is 0.382 e. The highest BCUT2D eigenvalue weighted by molar-refractivity contribution is 7.57. The zero-order valence-corrected chi connectivity index (χ0v) is 68.2. The number of imidazole rings is 4. The average Bonchev–Trinajstić information content (AvgIpc) is 1.35. The van der Waals surface area contributed by atoms with E-state index in [4.69, 9.17) is 71.4 Å². The quantitative estimate of drug-likeness (QED) is 0.0108. The molecule has 0 bridgehead atoms. The number of hydrogen-bond acceptors (Lipinski definition) is 32. The number of carbonyl (C=O) groups excluding carboxylic acids is 3. The lowest BCUT2D eigenvalue weighted by Crippen LogP contribution is -2.54. The molecule has 12 rings (SSSR count). The van der Waals surface area contributed by atoms with Crippen LogP contribution < -0.4 is 50.6 Å². The molecule has 4 aliphatic heterocycles. The van der Waals surface area contributed by atoms with E-state index in [2.05, 4.69) is 75.4 Å². The summed E-state index contributed by atoms with van der Waals surface area (Å²) in [4.78, 5) is 109. The van der Waals surface area contributed by atoms with Crippen molar-refractivity contribution in [2.45, 2.75) is 94.6 Å². The van der Waals surface area contributed by atoms with Gasteiger partial charge in [-0.1, -0.05) is 13.8 Å². The van der Waals surface area contributed by atoms with Gasteiger partial charge in [-0.05, 0) is 69.2 Å². The highest BCUT2D eigenvalue weighted by Crippen LogP contribution is 2.60. The van der Waals surface area contributed by atoms with Crippen LogP contribution in [0.3, 0.4) is 0 Å². The smallest absolute Gasteiger partial charge is 0.345 e. The Morgan fingerprint density at radius 3 is 1.32 bits per heavy atom. The van der Waals surface area contributed by atoms with Gasteiger partial charge in [0.15, 0.2) is 57.7 Å². The fraction of sp³-hybridized carbons (Fsp3) is 0.607. The van der Waals surface area contributed by atoms with Gasteiger partial charge < -0.3 is 87.0 Å².